The Labute approximate surface area is 167 Å². The molecular formula is C18H29Cl2N5O. The third-order valence-electron chi connectivity index (χ3n) is 5.67. The van der Waals surface area contributed by atoms with Crippen LogP contribution < -0.4 is 10.6 Å². The van der Waals surface area contributed by atoms with E-state index < -0.39 is 0 Å². The highest BCUT2D eigenvalue weighted by atomic mass is 35.5. The quantitative estimate of drug-likeness (QED) is 0.848. The molecule has 1 saturated carbocycles. The van der Waals surface area contributed by atoms with E-state index in [4.69, 9.17) is 10.3 Å². The van der Waals surface area contributed by atoms with Crippen molar-refractivity contribution in [3.05, 3.63) is 18.5 Å². The molecule has 0 bridgehead atoms. The second-order valence-electron chi connectivity index (χ2n) is 7.28. The van der Waals surface area contributed by atoms with Crippen LogP contribution in [0.2, 0.25) is 0 Å². The van der Waals surface area contributed by atoms with E-state index in [0.717, 1.165) is 48.9 Å². The van der Waals surface area contributed by atoms with Gasteiger partial charge in [-0.25, -0.2) is 0 Å². The average molecular weight is 402 g/mol. The third-order valence-corrected chi connectivity index (χ3v) is 5.67. The first-order valence-corrected chi connectivity index (χ1v) is 9.22. The first kappa shape index (κ1) is 21.2. The second kappa shape index (κ2) is 9.74. The van der Waals surface area contributed by atoms with Crippen molar-refractivity contribution in [1.29, 1.82) is 0 Å². The van der Waals surface area contributed by atoms with Crippen LogP contribution in [0.1, 0.15) is 32.1 Å². The number of rotatable bonds is 4. The maximum absolute atomic E-state index is 6.00. The van der Waals surface area contributed by atoms with Gasteiger partial charge in [-0.2, -0.15) is 0 Å². The zero-order chi connectivity index (χ0) is 16.4. The summed E-state index contributed by atoms with van der Waals surface area (Å²) in [5.41, 5.74) is 6.82. The lowest BCUT2D eigenvalue weighted by molar-refractivity contribution is 0.216. The Kier molecular flexibility index (Phi) is 7.95. The van der Waals surface area contributed by atoms with Gasteiger partial charge in [0, 0.05) is 50.7 Å². The summed E-state index contributed by atoms with van der Waals surface area (Å²) in [6, 6.07) is 2.33. The highest BCUT2D eigenvalue weighted by Crippen LogP contribution is 2.27. The number of piperazine rings is 1. The number of pyridine rings is 1. The lowest BCUT2D eigenvalue weighted by Crippen LogP contribution is -2.47. The lowest BCUT2D eigenvalue weighted by atomic mass is 9.84. The van der Waals surface area contributed by atoms with Gasteiger partial charge in [0.1, 0.15) is 0 Å². The van der Waals surface area contributed by atoms with Crippen molar-refractivity contribution in [1.82, 2.24) is 15.0 Å². The minimum Gasteiger partial charge on any atom is -0.354 e. The van der Waals surface area contributed by atoms with Gasteiger partial charge in [0.25, 0.3) is 0 Å². The molecule has 2 aromatic rings. The molecule has 0 atom stereocenters. The summed E-state index contributed by atoms with van der Waals surface area (Å²) < 4.78 is 5.41. The Morgan fingerprint density at radius 3 is 2.54 bits per heavy atom. The summed E-state index contributed by atoms with van der Waals surface area (Å²) in [5, 5.41) is 5.27. The van der Waals surface area contributed by atoms with E-state index in [1.165, 1.54) is 38.6 Å². The van der Waals surface area contributed by atoms with Gasteiger partial charge in [-0.05, 0) is 44.6 Å². The molecule has 2 N–H and O–H groups in total. The molecule has 1 aliphatic heterocycles. The maximum atomic E-state index is 6.00. The van der Waals surface area contributed by atoms with E-state index in [9.17, 15) is 0 Å². The zero-order valence-electron chi connectivity index (χ0n) is 15.0. The number of aromatic nitrogens is 2. The van der Waals surface area contributed by atoms with Crippen LogP contribution in [-0.2, 0) is 0 Å². The molecule has 1 aliphatic carbocycles. The maximum Gasteiger partial charge on any atom is 0.181 e. The fourth-order valence-corrected chi connectivity index (χ4v) is 4.02. The highest BCUT2D eigenvalue weighted by molar-refractivity contribution is 5.87. The van der Waals surface area contributed by atoms with Crippen molar-refractivity contribution >= 4 is 41.6 Å². The Morgan fingerprint density at radius 2 is 1.81 bits per heavy atom. The Morgan fingerprint density at radius 1 is 1.08 bits per heavy atom. The molecule has 1 saturated heterocycles. The van der Waals surface area contributed by atoms with Crippen LogP contribution in [0.4, 0.5) is 5.82 Å². The number of fused-ring (bicyclic) bond motifs is 1. The minimum absolute atomic E-state index is 0. The van der Waals surface area contributed by atoms with Crippen molar-refractivity contribution in [2.75, 3.05) is 37.6 Å². The zero-order valence-corrected chi connectivity index (χ0v) is 16.7. The molecule has 0 unspecified atom stereocenters. The summed E-state index contributed by atoms with van der Waals surface area (Å²) in [5.74, 6) is 1.83. The highest BCUT2D eigenvalue weighted by Gasteiger charge is 2.23. The molecule has 0 spiro atoms. The van der Waals surface area contributed by atoms with Crippen molar-refractivity contribution in [2.45, 2.75) is 38.1 Å². The standard InChI is InChI=1S/C18H27N5O.2ClH/c19-15-3-1-14(2-4-15)6-8-22-9-11-23(12-10-22)18-16-13-20-7-5-17(16)24-21-18;;/h5,7,13-15H,1-4,6,8-12,19H2;2*1H. The van der Waals surface area contributed by atoms with Crippen molar-refractivity contribution in [3.63, 3.8) is 0 Å². The van der Waals surface area contributed by atoms with E-state index in [1.54, 1.807) is 6.20 Å². The molecule has 3 heterocycles. The number of nitrogens with two attached hydrogens (primary N) is 1. The molecule has 0 amide bonds. The molecule has 4 rings (SSSR count). The predicted molar refractivity (Wildman–Crippen MR) is 110 cm³/mol. The van der Waals surface area contributed by atoms with Gasteiger partial charge >= 0.3 is 0 Å². The normalized spacial score (nSPS) is 24.1. The van der Waals surface area contributed by atoms with Gasteiger partial charge in [0.15, 0.2) is 11.4 Å². The van der Waals surface area contributed by atoms with E-state index in [-0.39, 0.29) is 24.8 Å². The lowest BCUT2D eigenvalue weighted by Gasteiger charge is -2.36. The van der Waals surface area contributed by atoms with E-state index in [0.29, 0.717) is 6.04 Å². The van der Waals surface area contributed by atoms with Gasteiger partial charge in [0.2, 0.25) is 0 Å². The first-order valence-electron chi connectivity index (χ1n) is 9.22. The largest absolute Gasteiger partial charge is 0.354 e. The summed E-state index contributed by atoms with van der Waals surface area (Å²) >= 11 is 0. The molecule has 26 heavy (non-hydrogen) atoms. The fraction of sp³-hybridized carbons (Fsp3) is 0.667. The first-order chi connectivity index (χ1) is 11.8. The molecule has 0 aromatic carbocycles. The molecule has 2 aliphatic rings. The number of hydrogen-bond donors (Lipinski definition) is 1. The molecule has 0 radical (unpaired) electrons. The average Bonchev–Trinajstić information content (AvgIpc) is 3.06. The number of hydrogen-bond acceptors (Lipinski definition) is 6. The van der Waals surface area contributed by atoms with Crippen LogP contribution in [0.5, 0.6) is 0 Å². The molecule has 8 heteroatoms. The smallest absolute Gasteiger partial charge is 0.181 e. The molecule has 2 aromatic heterocycles. The van der Waals surface area contributed by atoms with Crippen molar-refractivity contribution < 1.29 is 4.52 Å². The number of anilines is 1. The topological polar surface area (TPSA) is 71.4 Å². The summed E-state index contributed by atoms with van der Waals surface area (Å²) in [4.78, 5) is 9.11. The van der Waals surface area contributed by atoms with Crippen molar-refractivity contribution in [2.24, 2.45) is 11.7 Å². The van der Waals surface area contributed by atoms with Gasteiger partial charge in [-0.3, -0.25) is 9.88 Å². The van der Waals surface area contributed by atoms with Gasteiger partial charge in [-0.1, -0.05) is 5.16 Å². The van der Waals surface area contributed by atoms with Gasteiger partial charge < -0.3 is 15.2 Å². The van der Waals surface area contributed by atoms with Crippen LogP contribution in [-0.4, -0.2) is 53.8 Å². The second-order valence-corrected chi connectivity index (χ2v) is 7.28. The van der Waals surface area contributed by atoms with Gasteiger partial charge in [-0.15, -0.1) is 24.8 Å². The third kappa shape index (κ3) is 4.80. The SMILES string of the molecule is Cl.Cl.NC1CCC(CCN2CCN(c3noc4ccncc34)CC2)CC1. The van der Waals surface area contributed by atoms with E-state index in [2.05, 4.69) is 19.9 Å². The Hall–Kier alpha value is -1.08. The van der Waals surface area contributed by atoms with Crippen LogP contribution >= 0.6 is 24.8 Å². The summed E-state index contributed by atoms with van der Waals surface area (Å²) in [6.45, 7) is 5.43. The molecule has 2 fully saturated rings. The van der Waals surface area contributed by atoms with Crippen LogP contribution in [0.25, 0.3) is 11.0 Å². The number of halogens is 2. The molecule has 6 nitrogen and oxygen atoms in total. The molecule has 146 valence electrons. The van der Waals surface area contributed by atoms with Crippen LogP contribution in [0.3, 0.4) is 0 Å². The fourth-order valence-electron chi connectivity index (χ4n) is 4.02. The van der Waals surface area contributed by atoms with E-state index >= 15 is 0 Å². The van der Waals surface area contributed by atoms with E-state index in [1.807, 2.05) is 12.3 Å². The van der Waals surface area contributed by atoms with Crippen LogP contribution in [0.15, 0.2) is 23.0 Å². The number of nitrogens with zero attached hydrogens (tertiary/aromatic N) is 4. The van der Waals surface area contributed by atoms with Crippen molar-refractivity contribution in [3.8, 4) is 0 Å². The molecular weight excluding hydrogens is 373 g/mol. The Bertz CT molecular complexity index is 666. The van der Waals surface area contributed by atoms with Crippen LogP contribution in [0, 0.1) is 5.92 Å². The minimum atomic E-state index is 0. The monoisotopic (exact) mass is 401 g/mol. The Balaban J connectivity index is 0.00000121. The summed E-state index contributed by atoms with van der Waals surface area (Å²) in [7, 11) is 0. The summed E-state index contributed by atoms with van der Waals surface area (Å²) in [6.07, 6.45) is 9.98. The predicted octanol–water partition coefficient (Wildman–Crippen LogP) is 3.10. The van der Waals surface area contributed by atoms with Gasteiger partial charge in [0.05, 0.1) is 5.39 Å².